The molecule has 0 atom stereocenters. The third kappa shape index (κ3) is 4.84. The Morgan fingerprint density at radius 1 is 0.906 bits per heavy atom. The van der Waals surface area contributed by atoms with E-state index in [0.29, 0.717) is 18.9 Å². The smallest absolute Gasteiger partial charge is 0.233 e. The van der Waals surface area contributed by atoms with Crippen molar-refractivity contribution in [3.63, 3.8) is 0 Å². The number of hydrogen-bond donors (Lipinski definition) is 1. The molecule has 0 fully saturated rings. The van der Waals surface area contributed by atoms with Gasteiger partial charge in [-0.2, -0.15) is 4.98 Å². The molecule has 6 nitrogen and oxygen atoms in total. The Morgan fingerprint density at radius 2 is 1.59 bits per heavy atom. The summed E-state index contributed by atoms with van der Waals surface area (Å²) in [4.78, 5) is 4.56. The minimum absolute atomic E-state index is 0.110. The molecule has 1 heterocycles. The third-order valence-electron chi connectivity index (χ3n) is 5.04. The molecule has 0 radical (unpaired) electrons. The van der Waals surface area contributed by atoms with Gasteiger partial charge in [0.1, 0.15) is 5.75 Å². The number of anilines is 1. The van der Waals surface area contributed by atoms with Crippen molar-refractivity contribution in [2.24, 2.45) is 0 Å². The summed E-state index contributed by atoms with van der Waals surface area (Å²) in [7, 11) is -2.25. The highest BCUT2D eigenvalue weighted by molar-refractivity contribution is 7.91. The van der Waals surface area contributed by atoms with Crippen LogP contribution in [-0.2, 0) is 22.8 Å². The third-order valence-corrected chi connectivity index (χ3v) is 6.72. The predicted molar refractivity (Wildman–Crippen MR) is 123 cm³/mol. The minimum Gasteiger partial charge on any atom is -0.497 e. The molecule has 0 spiro atoms. The fraction of sp³-hybridized carbons (Fsp3) is 0.160. The quantitative estimate of drug-likeness (QED) is 0.407. The van der Waals surface area contributed by atoms with E-state index in [1.807, 2.05) is 61.5 Å². The van der Waals surface area contributed by atoms with Crippen LogP contribution < -0.4 is 10.1 Å². The fourth-order valence-corrected chi connectivity index (χ4v) is 4.54. The van der Waals surface area contributed by atoms with Crippen LogP contribution in [0.5, 0.6) is 5.75 Å². The Morgan fingerprint density at radius 3 is 2.25 bits per heavy atom. The number of ether oxygens (including phenoxy) is 1. The molecule has 32 heavy (non-hydrogen) atoms. The van der Waals surface area contributed by atoms with Gasteiger partial charge >= 0.3 is 0 Å². The molecule has 0 aliphatic carbocycles. The first-order valence-corrected chi connectivity index (χ1v) is 11.7. The van der Waals surface area contributed by atoms with E-state index in [1.54, 1.807) is 31.4 Å². The Hall–Kier alpha value is -3.58. The maximum Gasteiger partial charge on any atom is 0.233 e. The molecule has 0 aliphatic heterocycles. The maximum absolute atomic E-state index is 13.3. The lowest BCUT2D eigenvalue weighted by Gasteiger charge is -2.06. The van der Waals surface area contributed by atoms with E-state index >= 15 is 0 Å². The number of aromatic nitrogens is 1. The normalized spacial score (nSPS) is 11.3. The van der Waals surface area contributed by atoms with E-state index in [-0.39, 0.29) is 15.8 Å². The van der Waals surface area contributed by atoms with Gasteiger partial charge in [0.25, 0.3) is 0 Å². The molecule has 0 bridgehead atoms. The molecule has 0 amide bonds. The second-order valence-corrected chi connectivity index (χ2v) is 9.29. The lowest BCUT2D eigenvalue weighted by Crippen LogP contribution is -2.07. The molecule has 3 aromatic carbocycles. The predicted octanol–water partition coefficient (Wildman–Crippen LogP) is 5.03. The Labute approximate surface area is 187 Å². The van der Waals surface area contributed by atoms with Crippen molar-refractivity contribution in [2.75, 3.05) is 12.4 Å². The first kappa shape index (κ1) is 21.6. The van der Waals surface area contributed by atoms with Crippen LogP contribution in [0.1, 0.15) is 22.6 Å². The standard InChI is InChI=1S/C25H24N2O4S/c1-18-8-14-22(15-9-18)32(28,29)25-24(26-17-20-6-4-3-5-7-20)31-23(27-25)16-19-10-12-21(30-2)13-11-19/h3-15,26H,16-17H2,1-2H3. The van der Waals surface area contributed by atoms with Gasteiger partial charge in [-0.05, 0) is 42.3 Å². The van der Waals surface area contributed by atoms with E-state index < -0.39 is 9.84 Å². The molecule has 0 aliphatic rings. The molecular weight excluding hydrogens is 424 g/mol. The summed E-state index contributed by atoms with van der Waals surface area (Å²) in [5, 5.41) is 3.00. The van der Waals surface area contributed by atoms with Gasteiger partial charge in [0.05, 0.1) is 12.0 Å². The SMILES string of the molecule is COc1ccc(Cc2nc(S(=O)(=O)c3ccc(C)cc3)c(NCc3ccccc3)o2)cc1. The zero-order chi connectivity index (χ0) is 22.6. The van der Waals surface area contributed by atoms with Crippen molar-refractivity contribution in [3.05, 3.63) is 101 Å². The first-order chi connectivity index (χ1) is 15.5. The van der Waals surface area contributed by atoms with E-state index in [1.165, 1.54) is 0 Å². The van der Waals surface area contributed by atoms with Gasteiger partial charge in [-0.15, -0.1) is 0 Å². The average Bonchev–Trinajstić information content (AvgIpc) is 3.23. The zero-order valence-corrected chi connectivity index (χ0v) is 18.7. The summed E-state index contributed by atoms with van der Waals surface area (Å²) in [5.41, 5.74) is 2.91. The number of oxazole rings is 1. The van der Waals surface area contributed by atoms with Crippen molar-refractivity contribution in [1.82, 2.24) is 4.98 Å². The highest BCUT2D eigenvalue weighted by Crippen LogP contribution is 2.30. The number of nitrogens with one attached hydrogen (secondary N) is 1. The van der Waals surface area contributed by atoms with Crippen LogP contribution in [0.4, 0.5) is 5.88 Å². The van der Waals surface area contributed by atoms with Crippen LogP contribution in [-0.4, -0.2) is 20.5 Å². The Kier molecular flexibility index (Phi) is 6.28. The van der Waals surface area contributed by atoms with E-state index in [4.69, 9.17) is 9.15 Å². The molecule has 0 saturated heterocycles. The molecule has 4 rings (SSSR count). The van der Waals surface area contributed by atoms with E-state index in [0.717, 1.165) is 22.4 Å². The summed E-state index contributed by atoms with van der Waals surface area (Å²) < 4.78 is 37.8. The van der Waals surface area contributed by atoms with E-state index in [9.17, 15) is 8.42 Å². The number of sulfone groups is 1. The van der Waals surface area contributed by atoms with Gasteiger partial charge in [0.2, 0.25) is 26.6 Å². The second-order valence-electron chi connectivity index (χ2n) is 7.42. The van der Waals surface area contributed by atoms with Crippen LogP contribution in [0.25, 0.3) is 0 Å². The Balaban J connectivity index is 1.67. The topological polar surface area (TPSA) is 81.4 Å². The summed E-state index contributed by atoms with van der Waals surface area (Å²) in [6.07, 6.45) is 0.355. The largest absolute Gasteiger partial charge is 0.497 e. The first-order valence-electron chi connectivity index (χ1n) is 10.2. The van der Waals surface area contributed by atoms with Crippen molar-refractivity contribution < 1.29 is 17.6 Å². The molecular formula is C25H24N2O4S. The molecule has 4 aromatic rings. The van der Waals surface area contributed by atoms with Crippen LogP contribution in [0.2, 0.25) is 0 Å². The minimum atomic E-state index is -3.86. The molecule has 7 heteroatoms. The van der Waals surface area contributed by atoms with Gasteiger partial charge < -0.3 is 14.5 Å². The fourth-order valence-electron chi connectivity index (χ4n) is 3.24. The van der Waals surface area contributed by atoms with Gasteiger partial charge in [0.15, 0.2) is 0 Å². The monoisotopic (exact) mass is 448 g/mol. The van der Waals surface area contributed by atoms with Gasteiger partial charge in [-0.1, -0.05) is 60.2 Å². The summed E-state index contributed by atoms with van der Waals surface area (Å²) in [6.45, 7) is 2.32. The molecule has 1 aromatic heterocycles. The summed E-state index contributed by atoms with van der Waals surface area (Å²) >= 11 is 0. The van der Waals surface area contributed by atoms with Crippen molar-refractivity contribution in [3.8, 4) is 5.75 Å². The number of benzene rings is 3. The lowest BCUT2D eigenvalue weighted by atomic mass is 10.1. The lowest BCUT2D eigenvalue weighted by molar-refractivity contribution is 0.414. The number of rotatable bonds is 8. The Bertz CT molecular complexity index is 1280. The van der Waals surface area contributed by atoms with Crippen molar-refractivity contribution in [1.29, 1.82) is 0 Å². The number of hydrogen-bond acceptors (Lipinski definition) is 6. The van der Waals surface area contributed by atoms with Gasteiger partial charge in [-0.25, -0.2) is 8.42 Å². The van der Waals surface area contributed by atoms with Gasteiger partial charge in [0, 0.05) is 13.0 Å². The highest BCUT2D eigenvalue weighted by atomic mass is 32.2. The molecule has 0 saturated carbocycles. The molecule has 1 N–H and O–H groups in total. The number of aryl methyl sites for hydroxylation is 1. The average molecular weight is 449 g/mol. The zero-order valence-electron chi connectivity index (χ0n) is 17.9. The highest BCUT2D eigenvalue weighted by Gasteiger charge is 2.28. The van der Waals surface area contributed by atoms with Crippen LogP contribution in [0, 0.1) is 6.92 Å². The second kappa shape index (κ2) is 9.28. The number of nitrogens with zero attached hydrogens (tertiary/aromatic N) is 1. The van der Waals surface area contributed by atoms with Crippen molar-refractivity contribution >= 4 is 15.7 Å². The molecule has 164 valence electrons. The summed E-state index contributed by atoms with van der Waals surface area (Å²) in [5.74, 6) is 1.20. The van der Waals surface area contributed by atoms with Crippen LogP contribution >= 0.6 is 0 Å². The summed E-state index contributed by atoms with van der Waals surface area (Å²) in [6, 6.07) is 23.9. The van der Waals surface area contributed by atoms with Gasteiger partial charge in [-0.3, -0.25) is 0 Å². The maximum atomic E-state index is 13.3. The van der Waals surface area contributed by atoms with E-state index in [2.05, 4.69) is 10.3 Å². The van der Waals surface area contributed by atoms with Crippen LogP contribution in [0.15, 0.2) is 93.2 Å². The van der Waals surface area contributed by atoms with Crippen molar-refractivity contribution in [2.45, 2.75) is 29.8 Å². The number of methoxy groups -OCH3 is 1. The molecule has 0 unspecified atom stereocenters. The van der Waals surface area contributed by atoms with Crippen LogP contribution in [0.3, 0.4) is 0 Å².